The molecule has 0 aromatic carbocycles. The number of rotatable bonds is 0. The maximum atomic E-state index is 12.3. The smallest absolute Gasteiger partial charge is 0.318 e. The predicted octanol–water partition coefficient (Wildman–Crippen LogP) is 2.71. The van der Waals surface area contributed by atoms with Crippen molar-refractivity contribution in [3.63, 3.8) is 0 Å². The van der Waals surface area contributed by atoms with E-state index in [0.29, 0.717) is 6.04 Å². The van der Waals surface area contributed by atoms with Gasteiger partial charge in [-0.25, -0.2) is 4.79 Å². The van der Waals surface area contributed by atoms with E-state index in [1.807, 2.05) is 9.80 Å². The molecule has 1 heterocycles. The summed E-state index contributed by atoms with van der Waals surface area (Å²) >= 11 is 0. The van der Waals surface area contributed by atoms with Crippen LogP contribution in [0.4, 0.5) is 4.79 Å². The topological polar surface area (TPSA) is 23.6 Å². The van der Waals surface area contributed by atoms with E-state index in [9.17, 15) is 4.79 Å². The van der Waals surface area contributed by atoms with E-state index < -0.39 is 0 Å². The van der Waals surface area contributed by atoms with Gasteiger partial charge in [0, 0.05) is 23.7 Å². The zero-order valence-electron chi connectivity index (χ0n) is 11.1. The van der Waals surface area contributed by atoms with E-state index in [1.54, 1.807) is 0 Å². The molecule has 1 rings (SSSR count). The number of hydrogen-bond acceptors (Lipinski definition) is 1. The van der Waals surface area contributed by atoms with E-state index in [2.05, 4.69) is 48.5 Å². The lowest BCUT2D eigenvalue weighted by Crippen LogP contribution is -2.49. The molecule has 1 fully saturated rings. The lowest BCUT2D eigenvalue weighted by Gasteiger charge is -2.36. The highest BCUT2D eigenvalue weighted by molar-refractivity contribution is 5.78. The summed E-state index contributed by atoms with van der Waals surface area (Å²) in [6.45, 7) is 15.5. The van der Waals surface area contributed by atoms with Gasteiger partial charge in [0.2, 0.25) is 0 Å². The van der Waals surface area contributed by atoms with Crippen molar-refractivity contribution < 1.29 is 4.79 Å². The molecule has 0 radical (unpaired) electrons. The van der Waals surface area contributed by atoms with Crippen LogP contribution in [0.15, 0.2) is 0 Å². The summed E-state index contributed by atoms with van der Waals surface area (Å²) in [7, 11) is 0. The zero-order chi connectivity index (χ0) is 12.0. The van der Waals surface area contributed by atoms with Gasteiger partial charge in [-0.1, -0.05) is 0 Å². The molecule has 0 aliphatic carbocycles. The van der Waals surface area contributed by atoms with Gasteiger partial charge >= 0.3 is 6.03 Å². The highest BCUT2D eigenvalue weighted by Crippen LogP contribution is 2.29. The second-order valence-corrected chi connectivity index (χ2v) is 6.45. The largest absolute Gasteiger partial charge is 0.321 e. The Morgan fingerprint density at radius 2 is 1.53 bits per heavy atom. The van der Waals surface area contributed by atoms with E-state index in [0.717, 1.165) is 6.54 Å². The van der Waals surface area contributed by atoms with Gasteiger partial charge in [0.15, 0.2) is 0 Å². The van der Waals surface area contributed by atoms with Crippen LogP contribution in [0.25, 0.3) is 0 Å². The first kappa shape index (κ1) is 12.3. The van der Waals surface area contributed by atoms with Crippen molar-refractivity contribution in [3.05, 3.63) is 0 Å². The average Bonchev–Trinajstić information content (AvgIpc) is 2.22. The van der Waals surface area contributed by atoms with Crippen LogP contribution in [0.3, 0.4) is 0 Å². The van der Waals surface area contributed by atoms with Crippen molar-refractivity contribution in [2.75, 3.05) is 6.54 Å². The molecule has 3 nitrogen and oxygen atoms in total. The number of carbonyl (C=O) groups excluding carboxylic acids is 1. The van der Waals surface area contributed by atoms with Crippen LogP contribution in [-0.4, -0.2) is 39.5 Å². The fourth-order valence-electron chi connectivity index (χ4n) is 2.25. The van der Waals surface area contributed by atoms with Crippen LogP contribution in [0.2, 0.25) is 0 Å². The highest BCUT2D eigenvalue weighted by atomic mass is 16.2. The summed E-state index contributed by atoms with van der Waals surface area (Å²) in [4.78, 5) is 16.2. The van der Waals surface area contributed by atoms with Crippen molar-refractivity contribution >= 4 is 6.03 Å². The van der Waals surface area contributed by atoms with E-state index in [1.165, 1.54) is 0 Å². The summed E-state index contributed by atoms with van der Waals surface area (Å²) in [6, 6.07) is 0.472. The van der Waals surface area contributed by atoms with Crippen molar-refractivity contribution in [2.45, 2.75) is 65.6 Å². The minimum absolute atomic E-state index is 0.0780. The highest BCUT2D eigenvalue weighted by Gasteiger charge is 2.44. The number of nitrogens with zero attached hydrogens (tertiary/aromatic N) is 2. The Hall–Kier alpha value is -0.730. The van der Waals surface area contributed by atoms with Gasteiger partial charge in [-0.3, -0.25) is 0 Å². The first-order chi connectivity index (χ1) is 6.55. The standard InChI is InChI=1S/C12H24N2O/c1-9-8-13(11(2,3)4)10(15)14(9)12(5,6)7/h9H,8H2,1-7H3/t9-/m1/s1. The lowest BCUT2D eigenvalue weighted by molar-refractivity contribution is 0.126. The molecule has 0 N–H and O–H groups in total. The molecule has 1 aliphatic heterocycles. The van der Waals surface area contributed by atoms with Crippen LogP contribution >= 0.6 is 0 Å². The number of urea groups is 1. The number of hydrogen-bond donors (Lipinski definition) is 0. The summed E-state index contributed by atoms with van der Waals surface area (Å²) in [5, 5.41) is 0. The lowest BCUT2D eigenvalue weighted by atomic mass is 10.1. The monoisotopic (exact) mass is 212 g/mol. The Balaban J connectivity index is 2.94. The third-order valence-corrected chi connectivity index (χ3v) is 2.86. The van der Waals surface area contributed by atoms with Crippen LogP contribution < -0.4 is 0 Å². The molecular formula is C12H24N2O. The molecule has 88 valence electrons. The third kappa shape index (κ3) is 2.27. The van der Waals surface area contributed by atoms with Gasteiger partial charge in [0.1, 0.15) is 0 Å². The Bertz CT molecular complexity index is 260. The molecular weight excluding hydrogens is 188 g/mol. The molecule has 0 saturated carbocycles. The third-order valence-electron chi connectivity index (χ3n) is 2.86. The molecule has 1 saturated heterocycles. The van der Waals surface area contributed by atoms with E-state index in [4.69, 9.17) is 0 Å². The molecule has 0 aromatic heterocycles. The zero-order valence-corrected chi connectivity index (χ0v) is 11.1. The van der Waals surface area contributed by atoms with Gasteiger partial charge in [-0.05, 0) is 48.5 Å². The van der Waals surface area contributed by atoms with Crippen molar-refractivity contribution in [2.24, 2.45) is 0 Å². The Kier molecular flexibility index (Phi) is 2.79. The predicted molar refractivity (Wildman–Crippen MR) is 62.9 cm³/mol. The second-order valence-electron chi connectivity index (χ2n) is 6.45. The normalized spacial score (nSPS) is 23.9. The fraction of sp³-hybridized carbons (Fsp3) is 0.917. The fourth-order valence-corrected chi connectivity index (χ4v) is 2.25. The summed E-state index contributed by atoms with van der Waals surface area (Å²) < 4.78 is 0. The minimum Gasteiger partial charge on any atom is -0.318 e. The molecule has 0 spiro atoms. The van der Waals surface area contributed by atoms with E-state index >= 15 is 0 Å². The van der Waals surface area contributed by atoms with Crippen molar-refractivity contribution in [1.82, 2.24) is 9.80 Å². The first-order valence-electron chi connectivity index (χ1n) is 5.66. The number of carbonyl (C=O) groups is 1. The molecule has 2 amide bonds. The molecule has 3 heteroatoms. The molecule has 0 unspecified atom stereocenters. The Morgan fingerprint density at radius 3 is 1.73 bits per heavy atom. The van der Waals surface area contributed by atoms with Gasteiger partial charge < -0.3 is 9.80 Å². The van der Waals surface area contributed by atoms with Crippen molar-refractivity contribution in [3.8, 4) is 0 Å². The molecule has 15 heavy (non-hydrogen) atoms. The number of amides is 2. The molecule has 1 aliphatic rings. The quantitative estimate of drug-likeness (QED) is 0.605. The van der Waals surface area contributed by atoms with Crippen molar-refractivity contribution in [1.29, 1.82) is 0 Å². The Morgan fingerprint density at radius 1 is 1.07 bits per heavy atom. The van der Waals surface area contributed by atoms with Crippen LogP contribution in [-0.2, 0) is 0 Å². The summed E-state index contributed by atoms with van der Waals surface area (Å²) in [5.74, 6) is 0. The van der Waals surface area contributed by atoms with E-state index in [-0.39, 0.29) is 17.1 Å². The van der Waals surface area contributed by atoms with Gasteiger partial charge in [0.05, 0.1) is 0 Å². The SMILES string of the molecule is C[C@@H]1CN(C(C)(C)C)C(=O)N1C(C)(C)C. The van der Waals surface area contributed by atoms with Gasteiger partial charge in [-0.2, -0.15) is 0 Å². The summed E-state index contributed by atoms with van der Waals surface area (Å²) in [5.41, 5.74) is -0.165. The van der Waals surface area contributed by atoms with Crippen LogP contribution in [0, 0.1) is 0 Å². The van der Waals surface area contributed by atoms with Crippen LogP contribution in [0.1, 0.15) is 48.5 Å². The maximum absolute atomic E-state index is 12.3. The molecule has 1 atom stereocenters. The summed E-state index contributed by atoms with van der Waals surface area (Å²) in [6.07, 6.45) is 0. The average molecular weight is 212 g/mol. The second kappa shape index (κ2) is 3.39. The first-order valence-corrected chi connectivity index (χ1v) is 5.66. The molecule has 0 aromatic rings. The Labute approximate surface area is 93.4 Å². The molecule has 0 bridgehead atoms. The maximum Gasteiger partial charge on any atom is 0.321 e. The van der Waals surface area contributed by atoms with Gasteiger partial charge in [-0.15, -0.1) is 0 Å². The van der Waals surface area contributed by atoms with Crippen LogP contribution in [0.5, 0.6) is 0 Å². The minimum atomic E-state index is -0.0868. The van der Waals surface area contributed by atoms with Gasteiger partial charge in [0.25, 0.3) is 0 Å².